The molecule has 0 atom stereocenters. The Morgan fingerprint density at radius 1 is 0.475 bits per heavy atom. The van der Waals surface area contributed by atoms with Crippen LogP contribution in [-0.4, -0.2) is 135 Å². The maximum atomic E-state index is 10.6. The summed E-state index contributed by atoms with van der Waals surface area (Å²) in [5.74, 6) is 0.559. The largest absolute Gasteiger partial charge is 0.491 e. The number of hydrogen-bond donors (Lipinski definition) is 0. The molecule has 13 nitrogen and oxygen atoms in total. The van der Waals surface area contributed by atoms with E-state index < -0.39 is 4.92 Å². The van der Waals surface area contributed by atoms with Gasteiger partial charge in [-0.05, 0) is 12.1 Å². The van der Waals surface area contributed by atoms with E-state index in [9.17, 15) is 10.1 Å². The molecule has 40 heavy (non-hydrogen) atoms. The standard InChI is InChI=1S/C26H44INO12/c27-5-6-31-7-8-32-9-10-33-11-12-34-13-14-35-15-16-36-17-18-37-19-20-38-21-22-39-23-24-40-26-3-1-25(2-4-26)28(29)30/h1-4H,5-24H2. The topological polar surface area (TPSA) is 135 Å². The Morgan fingerprint density at radius 2 is 0.750 bits per heavy atom. The summed E-state index contributed by atoms with van der Waals surface area (Å²) >= 11 is 2.27. The van der Waals surface area contributed by atoms with Gasteiger partial charge in [0.1, 0.15) is 12.4 Å². The smallest absolute Gasteiger partial charge is 0.269 e. The highest BCUT2D eigenvalue weighted by Gasteiger charge is 2.04. The lowest BCUT2D eigenvalue weighted by atomic mass is 10.3. The summed E-state index contributed by atoms with van der Waals surface area (Å²) in [4.78, 5) is 10.2. The van der Waals surface area contributed by atoms with Gasteiger partial charge in [-0.2, -0.15) is 0 Å². The van der Waals surface area contributed by atoms with Crippen molar-refractivity contribution < 1.29 is 52.3 Å². The molecule has 0 saturated carbocycles. The van der Waals surface area contributed by atoms with Crippen molar-refractivity contribution in [1.82, 2.24) is 0 Å². The predicted molar refractivity (Wildman–Crippen MR) is 155 cm³/mol. The average molecular weight is 690 g/mol. The van der Waals surface area contributed by atoms with E-state index in [2.05, 4.69) is 22.6 Å². The average Bonchev–Trinajstić information content (AvgIpc) is 2.96. The number of nitro groups is 1. The highest BCUT2D eigenvalue weighted by molar-refractivity contribution is 14.1. The second-order valence-electron chi connectivity index (χ2n) is 7.80. The van der Waals surface area contributed by atoms with E-state index in [1.54, 1.807) is 12.1 Å². The minimum absolute atomic E-state index is 0.0281. The van der Waals surface area contributed by atoms with Gasteiger partial charge >= 0.3 is 0 Å². The first-order valence-corrected chi connectivity index (χ1v) is 14.9. The Labute approximate surface area is 250 Å². The van der Waals surface area contributed by atoms with Gasteiger partial charge in [0.2, 0.25) is 0 Å². The molecule has 0 N–H and O–H groups in total. The van der Waals surface area contributed by atoms with Crippen LogP contribution in [-0.2, 0) is 42.6 Å². The number of hydrogen-bond acceptors (Lipinski definition) is 12. The molecule has 1 aromatic rings. The molecule has 0 aliphatic carbocycles. The number of rotatable bonds is 31. The molecule has 0 fully saturated rings. The van der Waals surface area contributed by atoms with Gasteiger partial charge in [0.25, 0.3) is 5.69 Å². The molecular formula is C26H44INO12. The summed E-state index contributed by atoms with van der Waals surface area (Å²) in [6.45, 7) is 9.70. The van der Waals surface area contributed by atoms with Gasteiger partial charge in [-0.1, -0.05) is 22.6 Å². The van der Waals surface area contributed by atoms with E-state index in [0.29, 0.717) is 125 Å². The fraction of sp³-hybridized carbons (Fsp3) is 0.769. The molecule has 1 rings (SSSR count). The Morgan fingerprint density at radius 3 is 1.02 bits per heavy atom. The molecule has 0 aromatic heterocycles. The number of ether oxygens (including phenoxy) is 10. The number of non-ortho nitro benzene ring substituents is 1. The molecule has 232 valence electrons. The SMILES string of the molecule is O=[N+]([O-])c1ccc(OCCOCCOCCOCCOCCOCCOCCOCCOCCOCCI)cc1. The van der Waals surface area contributed by atoms with Gasteiger partial charge in [-0.15, -0.1) is 0 Å². The van der Waals surface area contributed by atoms with Crippen LogP contribution in [0.3, 0.4) is 0 Å². The summed E-state index contributed by atoms with van der Waals surface area (Å²) < 4.78 is 55.2. The number of halogens is 1. The Bertz CT molecular complexity index is 686. The van der Waals surface area contributed by atoms with Crippen LogP contribution in [0.25, 0.3) is 0 Å². The highest BCUT2D eigenvalue weighted by atomic mass is 127. The molecular weight excluding hydrogens is 645 g/mol. The van der Waals surface area contributed by atoms with Crippen molar-refractivity contribution in [3.05, 3.63) is 34.4 Å². The molecule has 0 heterocycles. The van der Waals surface area contributed by atoms with Gasteiger partial charge in [-0.3, -0.25) is 10.1 Å². The lowest BCUT2D eigenvalue weighted by Gasteiger charge is -2.09. The predicted octanol–water partition coefficient (Wildman–Crippen LogP) is 2.56. The minimum atomic E-state index is -0.451. The van der Waals surface area contributed by atoms with Crippen LogP contribution in [0.2, 0.25) is 0 Å². The third-order valence-corrected chi connectivity index (χ3v) is 5.18. The monoisotopic (exact) mass is 689 g/mol. The number of alkyl halides is 1. The van der Waals surface area contributed by atoms with Crippen LogP contribution in [0.1, 0.15) is 0 Å². The molecule has 1 aromatic carbocycles. The molecule has 0 spiro atoms. The van der Waals surface area contributed by atoms with Crippen LogP contribution in [0.15, 0.2) is 24.3 Å². The first kappa shape index (κ1) is 36.8. The summed E-state index contributed by atoms with van der Waals surface area (Å²) in [6.07, 6.45) is 0. The van der Waals surface area contributed by atoms with Crippen molar-refractivity contribution in [3.63, 3.8) is 0 Å². The summed E-state index contributed by atoms with van der Waals surface area (Å²) in [6, 6.07) is 5.91. The zero-order chi connectivity index (χ0) is 28.8. The van der Waals surface area contributed by atoms with E-state index in [-0.39, 0.29) is 5.69 Å². The van der Waals surface area contributed by atoms with Crippen LogP contribution in [0.4, 0.5) is 5.69 Å². The van der Waals surface area contributed by atoms with Crippen LogP contribution in [0, 0.1) is 10.1 Å². The van der Waals surface area contributed by atoms with E-state index in [1.165, 1.54) is 12.1 Å². The Kier molecular flexibility index (Phi) is 27.0. The molecule has 0 bridgehead atoms. The lowest BCUT2D eigenvalue weighted by Crippen LogP contribution is -2.15. The van der Waals surface area contributed by atoms with Gasteiger partial charge in [-0.25, -0.2) is 0 Å². The van der Waals surface area contributed by atoms with Crippen molar-refractivity contribution in [3.8, 4) is 5.75 Å². The molecule has 14 heteroatoms. The quantitative estimate of drug-likeness (QED) is 0.0373. The zero-order valence-corrected chi connectivity index (χ0v) is 25.3. The van der Waals surface area contributed by atoms with E-state index in [4.69, 9.17) is 47.4 Å². The van der Waals surface area contributed by atoms with Crippen LogP contribution in [0.5, 0.6) is 5.75 Å². The second kappa shape index (κ2) is 29.3. The first-order valence-electron chi connectivity index (χ1n) is 13.4. The van der Waals surface area contributed by atoms with E-state index in [1.807, 2.05) is 0 Å². The Balaban J connectivity index is 1.67. The third-order valence-electron chi connectivity index (χ3n) is 4.74. The van der Waals surface area contributed by atoms with Gasteiger partial charge in [0.05, 0.1) is 124 Å². The Hall–Kier alpha value is -1.21. The van der Waals surface area contributed by atoms with Gasteiger partial charge < -0.3 is 47.4 Å². The third kappa shape index (κ3) is 24.6. The van der Waals surface area contributed by atoms with Crippen LogP contribution < -0.4 is 4.74 Å². The van der Waals surface area contributed by atoms with Crippen molar-refractivity contribution in [2.24, 2.45) is 0 Å². The van der Waals surface area contributed by atoms with E-state index >= 15 is 0 Å². The van der Waals surface area contributed by atoms with Crippen molar-refractivity contribution in [2.75, 3.05) is 130 Å². The van der Waals surface area contributed by atoms with Crippen molar-refractivity contribution in [1.29, 1.82) is 0 Å². The fourth-order valence-electron chi connectivity index (χ4n) is 2.80. The minimum Gasteiger partial charge on any atom is -0.491 e. The number of benzene rings is 1. The van der Waals surface area contributed by atoms with Crippen molar-refractivity contribution >= 4 is 28.3 Å². The van der Waals surface area contributed by atoms with Gasteiger partial charge in [0, 0.05) is 16.6 Å². The highest BCUT2D eigenvalue weighted by Crippen LogP contribution is 2.17. The molecule has 0 aliphatic rings. The van der Waals surface area contributed by atoms with Gasteiger partial charge in [0.15, 0.2) is 0 Å². The maximum Gasteiger partial charge on any atom is 0.269 e. The number of nitrogens with zero attached hydrogens (tertiary/aromatic N) is 1. The normalized spacial score (nSPS) is 11.2. The van der Waals surface area contributed by atoms with Crippen LogP contribution >= 0.6 is 22.6 Å². The zero-order valence-electron chi connectivity index (χ0n) is 23.2. The molecule has 0 unspecified atom stereocenters. The first-order chi connectivity index (χ1) is 19.7. The second-order valence-corrected chi connectivity index (χ2v) is 8.88. The fourth-order valence-corrected chi connectivity index (χ4v) is 3.11. The molecule has 0 amide bonds. The molecule has 0 aliphatic heterocycles. The number of nitro benzene ring substituents is 1. The van der Waals surface area contributed by atoms with E-state index in [0.717, 1.165) is 11.0 Å². The summed E-state index contributed by atoms with van der Waals surface area (Å²) in [5.41, 5.74) is 0.0281. The molecule has 0 saturated heterocycles. The maximum absolute atomic E-state index is 10.6. The molecule has 0 radical (unpaired) electrons. The lowest BCUT2D eigenvalue weighted by molar-refractivity contribution is -0.384. The van der Waals surface area contributed by atoms with Crippen molar-refractivity contribution in [2.45, 2.75) is 0 Å². The summed E-state index contributed by atoms with van der Waals surface area (Å²) in [5, 5.41) is 10.6. The summed E-state index contributed by atoms with van der Waals surface area (Å²) in [7, 11) is 0.